The van der Waals surface area contributed by atoms with Crippen molar-refractivity contribution < 1.29 is 23.4 Å². The van der Waals surface area contributed by atoms with E-state index in [1.165, 1.54) is 23.0 Å². The Hall–Kier alpha value is -3.56. The Bertz CT molecular complexity index is 1390. The summed E-state index contributed by atoms with van der Waals surface area (Å²) in [7, 11) is 0. The Morgan fingerprint density at radius 3 is 2.77 bits per heavy atom. The van der Waals surface area contributed by atoms with Gasteiger partial charge in [-0.2, -0.15) is 5.10 Å². The topological polar surface area (TPSA) is 89.3 Å². The van der Waals surface area contributed by atoms with Crippen LogP contribution in [0.2, 0.25) is 5.02 Å². The molecule has 0 bridgehead atoms. The van der Waals surface area contributed by atoms with Crippen molar-refractivity contribution in [2.45, 2.75) is 32.9 Å². The van der Waals surface area contributed by atoms with Gasteiger partial charge in [0.15, 0.2) is 5.82 Å². The standard InChI is InChI=1S/C25H23ClF2N4O3/c1-14-8-22(32-12-17(28)11-29-32)18-4-3-5-23(25(18)30-14)35-13-20-19(9-16(27)10-21(20)26)15(2)31-24(34)6-7-33/h3-5,8-12,15,33H,6-7,13H2,1-2H3,(H,31,34)/t15-/m0/s1. The van der Waals surface area contributed by atoms with Gasteiger partial charge in [0, 0.05) is 23.1 Å². The number of amides is 1. The van der Waals surface area contributed by atoms with E-state index in [9.17, 15) is 13.6 Å². The summed E-state index contributed by atoms with van der Waals surface area (Å²) in [5.41, 5.74) is 2.83. The van der Waals surface area contributed by atoms with E-state index >= 15 is 0 Å². The predicted octanol–water partition coefficient (Wildman–Crippen LogP) is 4.80. The second-order valence-corrected chi connectivity index (χ2v) is 8.45. The largest absolute Gasteiger partial charge is 0.487 e. The highest BCUT2D eigenvalue weighted by Gasteiger charge is 2.19. The monoisotopic (exact) mass is 500 g/mol. The number of hydrogen-bond acceptors (Lipinski definition) is 5. The van der Waals surface area contributed by atoms with Gasteiger partial charge < -0.3 is 15.2 Å². The molecule has 2 heterocycles. The minimum absolute atomic E-state index is 0.0187. The molecule has 10 heteroatoms. The highest BCUT2D eigenvalue weighted by Crippen LogP contribution is 2.32. The van der Waals surface area contributed by atoms with Crippen LogP contribution < -0.4 is 10.1 Å². The molecule has 35 heavy (non-hydrogen) atoms. The van der Waals surface area contributed by atoms with E-state index in [4.69, 9.17) is 21.4 Å². The number of nitrogens with one attached hydrogen (secondary N) is 1. The molecule has 0 spiro atoms. The molecule has 0 aliphatic carbocycles. The number of fused-ring (bicyclic) bond motifs is 1. The second kappa shape index (κ2) is 10.4. The van der Waals surface area contributed by atoms with Crippen molar-refractivity contribution >= 4 is 28.4 Å². The first-order valence-corrected chi connectivity index (χ1v) is 11.3. The zero-order chi connectivity index (χ0) is 25.1. The number of para-hydroxylation sites is 1. The summed E-state index contributed by atoms with van der Waals surface area (Å²) in [6.07, 6.45) is 2.34. The van der Waals surface area contributed by atoms with E-state index in [-0.39, 0.29) is 30.6 Å². The Morgan fingerprint density at radius 2 is 2.06 bits per heavy atom. The molecule has 0 aliphatic rings. The molecule has 2 aromatic heterocycles. The van der Waals surface area contributed by atoms with Gasteiger partial charge in [0.25, 0.3) is 0 Å². The number of aliphatic hydroxyl groups is 1. The van der Waals surface area contributed by atoms with Crippen molar-refractivity contribution in [3.63, 3.8) is 0 Å². The molecular weight excluding hydrogens is 478 g/mol. The minimum atomic E-state index is -0.574. The first kappa shape index (κ1) is 24.6. The molecule has 0 saturated heterocycles. The molecular formula is C25H23ClF2N4O3. The predicted molar refractivity (Wildman–Crippen MR) is 128 cm³/mol. The van der Waals surface area contributed by atoms with E-state index in [1.807, 2.05) is 13.0 Å². The number of aromatic nitrogens is 3. The Balaban J connectivity index is 1.69. The maximum atomic E-state index is 14.2. The van der Waals surface area contributed by atoms with Crippen LogP contribution in [0, 0.1) is 18.6 Å². The smallest absolute Gasteiger partial charge is 0.222 e. The Kier molecular flexibility index (Phi) is 7.28. The third-order valence-electron chi connectivity index (χ3n) is 5.46. The van der Waals surface area contributed by atoms with Gasteiger partial charge in [-0.25, -0.2) is 18.4 Å². The fraction of sp³-hybridized carbons (Fsp3) is 0.240. The molecule has 0 unspecified atom stereocenters. The zero-order valence-electron chi connectivity index (χ0n) is 19.1. The molecule has 4 aromatic rings. The lowest BCUT2D eigenvalue weighted by molar-refractivity contribution is -0.122. The summed E-state index contributed by atoms with van der Waals surface area (Å²) in [6, 6.07) is 9.05. The average molecular weight is 501 g/mol. The van der Waals surface area contributed by atoms with Crippen molar-refractivity contribution in [1.29, 1.82) is 0 Å². The number of ether oxygens (including phenoxy) is 1. The summed E-state index contributed by atoms with van der Waals surface area (Å²) in [5, 5.41) is 16.6. The number of halogens is 3. The molecule has 2 aromatic carbocycles. The van der Waals surface area contributed by atoms with Crippen molar-refractivity contribution in [3.8, 4) is 11.4 Å². The number of hydrogen-bond donors (Lipinski definition) is 2. The SMILES string of the molecule is Cc1cc(-n2cc(F)cn2)c2cccc(OCc3c(Cl)cc(F)cc3[C@H](C)NC(=O)CCO)c2n1. The summed E-state index contributed by atoms with van der Waals surface area (Å²) in [4.78, 5) is 16.5. The molecule has 0 aliphatic heterocycles. The van der Waals surface area contributed by atoms with E-state index in [0.29, 0.717) is 39.2 Å². The maximum Gasteiger partial charge on any atom is 0.222 e. The molecule has 4 rings (SSSR count). The van der Waals surface area contributed by atoms with Crippen LogP contribution in [0.1, 0.15) is 36.2 Å². The lowest BCUT2D eigenvalue weighted by Gasteiger charge is -2.20. The van der Waals surface area contributed by atoms with Crippen LogP contribution in [0.5, 0.6) is 5.75 Å². The molecule has 0 radical (unpaired) electrons. The molecule has 182 valence electrons. The minimum Gasteiger partial charge on any atom is -0.487 e. The third-order valence-corrected chi connectivity index (χ3v) is 5.79. The molecule has 0 saturated carbocycles. The number of nitrogens with zero attached hydrogens (tertiary/aromatic N) is 3. The van der Waals surface area contributed by atoms with E-state index in [2.05, 4.69) is 15.4 Å². The fourth-order valence-electron chi connectivity index (χ4n) is 3.87. The fourth-order valence-corrected chi connectivity index (χ4v) is 4.14. The van der Waals surface area contributed by atoms with E-state index in [1.54, 1.807) is 25.1 Å². The van der Waals surface area contributed by atoms with Crippen LogP contribution in [-0.2, 0) is 11.4 Å². The third kappa shape index (κ3) is 5.41. The van der Waals surface area contributed by atoms with Crippen LogP contribution in [-0.4, -0.2) is 32.4 Å². The maximum absolute atomic E-state index is 14.2. The summed E-state index contributed by atoms with van der Waals surface area (Å²) >= 11 is 6.36. The van der Waals surface area contributed by atoms with Crippen LogP contribution in [0.4, 0.5) is 8.78 Å². The lowest BCUT2D eigenvalue weighted by Crippen LogP contribution is -2.28. The van der Waals surface area contributed by atoms with Crippen LogP contribution >= 0.6 is 11.6 Å². The molecule has 7 nitrogen and oxygen atoms in total. The zero-order valence-corrected chi connectivity index (χ0v) is 19.8. The lowest BCUT2D eigenvalue weighted by atomic mass is 10.0. The average Bonchev–Trinajstić information content (AvgIpc) is 3.23. The van der Waals surface area contributed by atoms with Gasteiger partial charge in [-0.05, 0) is 43.7 Å². The van der Waals surface area contributed by atoms with Crippen molar-refractivity contribution in [3.05, 3.63) is 82.3 Å². The molecule has 0 fully saturated rings. The summed E-state index contributed by atoms with van der Waals surface area (Å²) in [5.74, 6) is -0.929. The van der Waals surface area contributed by atoms with Gasteiger partial charge in [-0.15, -0.1) is 0 Å². The molecule has 2 N–H and O–H groups in total. The van der Waals surface area contributed by atoms with Crippen molar-refractivity contribution in [1.82, 2.24) is 20.1 Å². The highest BCUT2D eigenvalue weighted by atomic mass is 35.5. The normalized spacial score (nSPS) is 12.1. The first-order chi connectivity index (χ1) is 16.8. The number of rotatable bonds is 8. The Labute approximate surface area is 205 Å². The number of carbonyl (C=O) groups excluding carboxylic acids is 1. The molecule has 1 atom stereocenters. The highest BCUT2D eigenvalue weighted by molar-refractivity contribution is 6.31. The van der Waals surface area contributed by atoms with Crippen LogP contribution in [0.3, 0.4) is 0 Å². The Morgan fingerprint density at radius 1 is 1.26 bits per heavy atom. The van der Waals surface area contributed by atoms with Gasteiger partial charge in [0.1, 0.15) is 23.7 Å². The van der Waals surface area contributed by atoms with Gasteiger partial charge in [0.05, 0.1) is 35.8 Å². The number of pyridine rings is 1. The molecule has 1 amide bonds. The van der Waals surface area contributed by atoms with Crippen molar-refractivity contribution in [2.24, 2.45) is 0 Å². The second-order valence-electron chi connectivity index (χ2n) is 8.05. The quantitative estimate of drug-likeness (QED) is 0.363. The summed E-state index contributed by atoms with van der Waals surface area (Å²) < 4.78 is 35.3. The summed E-state index contributed by atoms with van der Waals surface area (Å²) in [6.45, 7) is 3.20. The van der Waals surface area contributed by atoms with Crippen molar-refractivity contribution in [2.75, 3.05) is 6.61 Å². The number of aryl methyl sites for hydroxylation is 1. The van der Waals surface area contributed by atoms with Gasteiger partial charge in [-0.3, -0.25) is 4.79 Å². The number of aliphatic hydroxyl groups excluding tert-OH is 1. The first-order valence-electron chi connectivity index (χ1n) is 10.9. The van der Waals surface area contributed by atoms with Gasteiger partial charge in [0.2, 0.25) is 5.91 Å². The number of benzene rings is 2. The van der Waals surface area contributed by atoms with E-state index < -0.39 is 17.7 Å². The van der Waals surface area contributed by atoms with Gasteiger partial charge in [-0.1, -0.05) is 23.7 Å². The van der Waals surface area contributed by atoms with Gasteiger partial charge >= 0.3 is 0 Å². The van der Waals surface area contributed by atoms with Crippen LogP contribution in [0.15, 0.2) is 48.8 Å². The van der Waals surface area contributed by atoms with E-state index in [0.717, 1.165) is 6.20 Å². The van der Waals surface area contributed by atoms with Crippen LogP contribution in [0.25, 0.3) is 16.6 Å². The number of carbonyl (C=O) groups is 1.